The molecule has 0 aromatic heterocycles. The van der Waals surface area contributed by atoms with E-state index in [1.807, 2.05) is 0 Å². The molecule has 0 fully saturated rings. The van der Waals surface area contributed by atoms with Gasteiger partial charge in [0.25, 0.3) is 0 Å². The Balaban J connectivity index is 3.85. The molecule has 12 heavy (non-hydrogen) atoms. The second-order valence-corrected chi connectivity index (χ2v) is 2.37. The predicted molar refractivity (Wildman–Crippen MR) is 38.1 cm³/mol. The van der Waals surface area contributed by atoms with Crippen LogP contribution in [0.1, 0.15) is 20.3 Å². The molecule has 0 aromatic rings. The first-order valence-corrected chi connectivity index (χ1v) is 3.37. The molecule has 1 atom stereocenters. The van der Waals surface area contributed by atoms with Crippen LogP contribution >= 0.6 is 0 Å². The Morgan fingerprint density at radius 3 is 2.25 bits per heavy atom. The molecule has 0 aliphatic rings. The molecule has 0 heterocycles. The molecule has 0 aromatic carbocycles. The molecular formula is C7H10O5. The maximum absolute atomic E-state index is 10.6. The lowest BCUT2D eigenvalue weighted by Gasteiger charge is -2.01. The van der Waals surface area contributed by atoms with Crippen molar-refractivity contribution in [1.82, 2.24) is 0 Å². The maximum Gasteiger partial charge on any atom is 0.381 e. The van der Waals surface area contributed by atoms with Gasteiger partial charge >= 0.3 is 11.9 Å². The Hall–Kier alpha value is -1.23. The molecule has 0 spiro atoms. The topological polar surface area (TPSA) is 80.7 Å². The van der Waals surface area contributed by atoms with Gasteiger partial charge in [0.1, 0.15) is 0 Å². The normalized spacial score (nSPS) is 11.9. The smallest absolute Gasteiger partial charge is 0.381 e. The number of ether oxygens (including phenoxy) is 1. The summed E-state index contributed by atoms with van der Waals surface area (Å²) in [6, 6.07) is 0. The minimum Gasteiger partial charge on any atom is -0.393 e. The molecule has 0 saturated carbocycles. The molecule has 1 unspecified atom stereocenters. The Kier molecular flexibility index (Phi) is 4.14. The van der Waals surface area contributed by atoms with E-state index in [9.17, 15) is 14.4 Å². The Morgan fingerprint density at radius 1 is 1.42 bits per heavy atom. The van der Waals surface area contributed by atoms with Crippen LogP contribution in [-0.2, 0) is 19.1 Å². The summed E-state index contributed by atoms with van der Waals surface area (Å²) in [4.78, 5) is 31.3. The van der Waals surface area contributed by atoms with Gasteiger partial charge in [-0.15, -0.1) is 0 Å². The number of hydrogen-bond donors (Lipinski definition) is 1. The number of rotatable bonds is 3. The van der Waals surface area contributed by atoms with Gasteiger partial charge in [0.2, 0.25) is 5.78 Å². The number of esters is 2. The quantitative estimate of drug-likeness (QED) is 0.351. The summed E-state index contributed by atoms with van der Waals surface area (Å²) in [5, 5.41) is 8.68. The van der Waals surface area contributed by atoms with Crippen LogP contribution in [-0.4, -0.2) is 28.9 Å². The van der Waals surface area contributed by atoms with Gasteiger partial charge in [-0.2, -0.15) is 0 Å². The fourth-order valence-corrected chi connectivity index (χ4v) is 0.458. The fraction of sp³-hybridized carbons (Fsp3) is 0.571. The number of aliphatic hydroxyl groups is 1. The van der Waals surface area contributed by atoms with Crippen LogP contribution in [0.5, 0.6) is 0 Å². The van der Waals surface area contributed by atoms with Gasteiger partial charge in [-0.05, 0) is 6.92 Å². The van der Waals surface area contributed by atoms with E-state index in [2.05, 4.69) is 4.74 Å². The van der Waals surface area contributed by atoms with Crippen molar-refractivity contribution in [2.24, 2.45) is 0 Å². The summed E-state index contributed by atoms with van der Waals surface area (Å²) in [6.07, 6.45) is -1.17. The highest BCUT2D eigenvalue weighted by Crippen LogP contribution is 1.93. The first-order valence-electron chi connectivity index (χ1n) is 3.37. The number of ketones is 1. The third kappa shape index (κ3) is 4.56. The van der Waals surface area contributed by atoms with Crippen molar-refractivity contribution in [3.8, 4) is 0 Å². The van der Waals surface area contributed by atoms with E-state index in [1.54, 1.807) is 0 Å². The standard InChI is InChI=1S/C7H10O5/c1-4(8)3-6(10)12-7(11)5(2)9/h4,8H,3H2,1-2H3. The highest BCUT2D eigenvalue weighted by molar-refractivity contribution is 6.34. The average molecular weight is 174 g/mol. The minimum atomic E-state index is -1.19. The zero-order valence-corrected chi connectivity index (χ0v) is 6.86. The van der Waals surface area contributed by atoms with E-state index in [1.165, 1.54) is 6.92 Å². The first-order chi connectivity index (χ1) is 5.43. The molecule has 5 nitrogen and oxygen atoms in total. The van der Waals surface area contributed by atoms with Crippen molar-refractivity contribution >= 4 is 17.7 Å². The van der Waals surface area contributed by atoms with Crippen molar-refractivity contribution < 1.29 is 24.2 Å². The van der Waals surface area contributed by atoms with Crippen LogP contribution in [0, 0.1) is 0 Å². The molecular weight excluding hydrogens is 164 g/mol. The van der Waals surface area contributed by atoms with Crippen LogP contribution < -0.4 is 0 Å². The van der Waals surface area contributed by atoms with Crippen molar-refractivity contribution in [3.63, 3.8) is 0 Å². The van der Waals surface area contributed by atoms with Gasteiger partial charge in [0, 0.05) is 6.92 Å². The zero-order chi connectivity index (χ0) is 9.72. The second-order valence-electron chi connectivity index (χ2n) is 2.37. The Bertz CT molecular complexity index is 206. The number of aliphatic hydroxyl groups excluding tert-OH is 1. The van der Waals surface area contributed by atoms with Crippen molar-refractivity contribution in [1.29, 1.82) is 0 Å². The fourth-order valence-electron chi connectivity index (χ4n) is 0.458. The van der Waals surface area contributed by atoms with E-state index in [-0.39, 0.29) is 6.42 Å². The highest BCUT2D eigenvalue weighted by Gasteiger charge is 2.15. The van der Waals surface area contributed by atoms with Crippen molar-refractivity contribution in [3.05, 3.63) is 0 Å². The molecule has 0 saturated heterocycles. The SMILES string of the molecule is CC(=O)C(=O)OC(=O)CC(C)O. The summed E-state index contributed by atoms with van der Waals surface area (Å²) < 4.78 is 4.04. The lowest BCUT2D eigenvalue weighted by atomic mass is 10.3. The lowest BCUT2D eigenvalue weighted by Crippen LogP contribution is -2.21. The molecule has 0 rings (SSSR count). The summed E-state index contributed by atoms with van der Waals surface area (Å²) in [7, 11) is 0. The Labute approximate surface area is 69.3 Å². The van der Waals surface area contributed by atoms with E-state index >= 15 is 0 Å². The number of Topliss-reactive ketones (excluding diaryl/α,β-unsaturated/α-hetero) is 1. The molecule has 0 aliphatic heterocycles. The summed E-state index contributed by atoms with van der Waals surface area (Å²) in [6.45, 7) is 2.37. The van der Waals surface area contributed by atoms with E-state index in [4.69, 9.17) is 5.11 Å². The van der Waals surface area contributed by atoms with E-state index in [0.29, 0.717) is 0 Å². The molecule has 68 valence electrons. The maximum atomic E-state index is 10.6. The predicted octanol–water partition coefficient (Wildman–Crippen LogP) is -0.584. The Morgan fingerprint density at radius 2 is 1.92 bits per heavy atom. The molecule has 0 radical (unpaired) electrons. The van der Waals surface area contributed by atoms with E-state index < -0.39 is 23.8 Å². The van der Waals surface area contributed by atoms with Crippen LogP contribution in [0.15, 0.2) is 0 Å². The third-order valence-corrected chi connectivity index (χ3v) is 0.956. The number of carbonyl (C=O) groups excluding carboxylic acids is 3. The minimum absolute atomic E-state index is 0.293. The third-order valence-electron chi connectivity index (χ3n) is 0.956. The molecule has 1 N–H and O–H groups in total. The largest absolute Gasteiger partial charge is 0.393 e. The molecule has 0 aliphatic carbocycles. The van der Waals surface area contributed by atoms with Crippen LogP contribution in [0.25, 0.3) is 0 Å². The van der Waals surface area contributed by atoms with Crippen molar-refractivity contribution in [2.75, 3.05) is 0 Å². The second kappa shape index (κ2) is 4.61. The van der Waals surface area contributed by atoms with Crippen molar-refractivity contribution in [2.45, 2.75) is 26.4 Å². The van der Waals surface area contributed by atoms with Crippen LogP contribution in [0.2, 0.25) is 0 Å². The van der Waals surface area contributed by atoms with Crippen LogP contribution in [0.3, 0.4) is 0 Å². The molecule has 0 bridgehead atoms. The number of hydrogen-bond acceptors (Lipinski definition) is 5. The molecule has 5 heteroatoms. The van der Waals surface area contributed by atoms with Gasteiger partial charge in [-0.25, -0.2) is 4.79 Å². The lowest BCUT2D eigenvalue weighted by molar-refractivity contribution is -0.164. The van der Waals surface area contributed by atoms with Gasteiger partial charge < -0.3 is 9.84 Å². The van der Waals surface area contributed by atoms with E-state index in [0.717, 1.165) is 6.92 Å². The van der Waals surface area contributed by atoms with Gasteiger partial charge in [0.15, 0.2) is 0 Å². The van der Waals surface area contributed by atoms with Gasteiger partial charge in [0.05, 0.1) is 12.5 Å². The summed E-state index contributed by atoms with van der Waals surface area (Å²) in [5.41, 5.74) is 0. The number of carbonyl (C=O) groups is 3. The first kappa shape index (κ1) is 10.8. The monoisotopic (exact) mass is 174 g/mol. The molecule has 0 amide bonds. The average Bonchev–Trinajstić information content (AvgIpc) is 1.84. The van der Waals surface area contributed by atoms with Crippen LogP contribution in [0.4, 0.5) is 0 Å². The summed E-state index contributed by atoms with van der Waals surface area (Å²) >= 11 is 0. The highest BCUT2D eigenvalue weighted by atomic mass is 16.6. The zero-order valence-electron chi connectivity index (χ0n) is 6.86. The summed E-state index contributed by atoms with van der Waals surface area (Å²) in [5.74, 6) is -2.93. The van der Waals surface area contributed by atoms with Gasteiger partial charge in [-0.1, -0.05) is 0 Å². The van der Waals surface area contributed by atoms with Gasteiger partial charge in [-0.3, -0.25) is 9.59 Å².